The van der Waals surface area contributed by atoms with Crippen LogP contribution in [0.1, 0.15) is 149 Å². The third-order valence-corrected chi connectivity index (χ3v) is 6.82. The van der Waals surface area contributed by atoms with Gasteiger partial charge in [-0.1, -0.05) is 124 Å². The Morgan fingerprint density at radius 1 is 0.433 bits per heavy atom. The van der Waals surface area contributed by atoms with Gasteiger partial charge < -0.3 is 9.80 Å². The Morgan fingerprint density at radius 3 is 1.20 bits per heavy atom. The Balaban J connectivity index is 2.21. The second kappa shape index (κ2) is 20.3. The van der Waals surface area contributed by atoms with Gasteiger partial charge in [-0.2, -0.15) is 0 Å². The minimum Gasteiger partial charge on any atom is -0.356 e. The largest absolute Gasteiger partial charge is 0.356 e. The maximum Gasteiger partial charge on any atom is 0.101 e. The van der Waals surface area contributed by atoms with Crippen LogP contribution in [0.25, 0.3) is 0 Å². The topological polar surface area (TPSA) is 6.48 Å². The first kappa shape index (κ1) is 27.4. The molecule has 0 spiro atoms. The smallest absolute Gasteiger partial charge is 0.101 e. The molecule has 0 aromatic rings. The number of unbranched alkanes of at least 4 members (excludes halogenated alkanes) is 16. The molecule has 2 heteroatoms. The maximum atomic E-state index is 2.67. The molecule has 1 atom stereocenters. The highest BCUT2D eigenvalue weighted by atomic mass is 15.4. The minimum atomic E-state index is 0.645. The van der Waals surface area contributed by atoms with Crippen LogP contribution in [0, 0.1) is 0 Å². The molecule has 0 aromatic heterocycles. The number of hydrogen-bond acceptors (Lipinski definition) is 2. The predicted octanol–water partition coefficient (Wildman–Crippen LogP) is 9.26. The fourth-order valence-corrected chi connectivity index (χ4v) is 4.77. The monoisotopic (exact) mass is 420 g/mol. The molecular formula is C28H56N2. The molecule has 0 aliphatic carbocycles. The SMILES string of the molecule is CCCCCCCCCCCCN1C=CN(CCCCCC)C1CCCCCCC. The highest BCUT2D eigenvalue weighted by Crippen LogP contribution is 2.23. The molecular weight excluding hydrogens is 364 g/mol. The van der Waals surface area contributed by atoms with Crippen LogP contribution < -0.4 is 0 Å². The van der Waals surface area contributed by atoms with Gasteiger partial charge in [0.05, 0.1) is 0 Å². The van der Waals surface area contributed by atoms with Gasteiger partial charge >= 0.3 is 0 Å². The van der Waals surface area contributed by atoms with Gasteiger partial charge in [0.2, 0.25) is 0 Å². The van der Waals surface area contributed by atoms with Crippen molar-refractivity contribution in [1.29, 1.82) is 0 Å². The molecule has 0 N–H and O–H groups in total. The van der Waals surface area contributed by atoms with E-state index in [1.807, 2.05) is 0 Å². The van der Waals surface area contributed by atoms with Crippen molar-refractivity contribution in [1.82, 2.24) is 9.80 Å². The van der Waals surface area contributed by atoms with Crippen LogP contribution in [-0.4, -0.2) is 29.1 Å². The van der Waals surface area contributed by atoms with Crippen molar-refractivity contribution < 1.29 is 0 Å². The van der Waals surface area contributed by atoms with E-state index < -0.39 is 0 Å². The summed E-state index contributed by atoms with van der Waals surface area (Å²) >= 11 is 0. The van der Waals surface area contributed by atoms with Crippen LogP contribution in [-0.2, 0) is 0 Å². The summed E-state index contributed by atoms with van der Waals surface area (Å²) in [6.07, 6.45) is 33.6. The maximum absolute atomic E-state index is 2.67. The van der Waals surface area contributed by atoms with E-state index in [4.69, 9.17) is 0 Å². The van der Waals surface area contributed by atoms with Gasteiger partial charge in [0.15, 0.2) is 0 Å². The standard InChI is InChI=1S/C28H56N2/c1-4-7-10-13-14-15-16-17-19-22-25-30-27-26-29(24-21-12-9-6-3)28(30)23-20-18-11-8-5-2/h26-28H,4-25H2,1-3H3. The highest BCUT2D eigenvalue weighted by molar-refractivity contribution is 4.96. The molecule has 1 rings (SSSR count). The quantitative estimate of drug-likeness (QED) is 0.161. The first-order valence-electron chi connectivity index (χ1n) is 14.0. The molecule has 0 saturated carbocycles. The summed E-state index contributed by atoms with van der Waals surface area (Å²) in [5.74, 6) is 0. The molecule has 1 aliphatic rings. The van der Waals surface area contributed by atoms with Gasteiger partial charge in [-0.15, -0.1) is 0 Å². The summed E-state index contributed by atoms with van der Waals surface area (Å²) in [6.45, 7) is 9.44. The second-order valence-corrected chi connectivity index (χ2v) is 9.70. The van der Waals surface area contributed by atoms with Gasteiger partial charge in [0.1, 0.15) is 6.17 Å². The molecule has 178 valence electrons. The summed E-state index contributed by atoms with van der Waals surface area (Å²) in [6, 6.07) is 0. The van der Waals surface area contributed by atoms with Crippen molar-refractivity contribution in [2.45, 2.75) is 155 Å². The average Bonchev–Trinajstić information content (AvgIpc) is 3.14. The third kappa shape index (κ3) is 13.6. The Kier molecular flexibility index (Phi) is 18.5. The summed E-state index contributed by atoms with van der Waals surface area (Å²) < 4.78 is 0. The molecule has 0 bridgehead atoms. The van der Waals surface area contributed by atoms with Crippen molar-refractivity contribution >= 4 is 0 Å². The van der Waals surface area contributed by atoms with E-state index in [9.17, 15) is 0 Å². The molecule has 1 heterocycles. The molecule has 2 nitrogen and oxygen atoms in total. The fraction of sp³-hybridized carbons (Fsp3) is 0.929. The summed E-state index contributed by atoms with van der Waals surface area (Å²) in [5, 5.41) is 0. The van der Waals surface area contributed by atoms with Crippen LogP contribution >= 0.6 is 0 Å². The number of rotatable bonds is 22. The Morgan fingerprint density at radius 2 is 0.767 bits per heavy atom. The lowest BCUT2D eigenvalue weighted by molar-refractivity contribution is 0.135. The van der Waals surface area contributed by atoms with Gasteiger partial charge in [-0.3, -0.25) is 0 Å². The second-order valence-electron chi connectivity index (χ2n) is 9.70. The van der Waals surface area contributed by atoms with Crippen LogP contribution in [0.3, 0.4) is 0 Å². The third-order valence-electron chi connectivity index (χ3n) is 6.82. The number of nitrogens with zero attached hydrogens (tertiary/aromatic N) is 2. The average molecular weight is 421 g/mol. The predicted molar refractivity (Wildman–Crippen MR) is 136 cm³/mol. The zero-order chi connectivity index (χ0) is 21.7. The summed E-state index contributed by atoms with van der Waals surface area (Å²) in [4.78, 5) is 5.33. The zero-order valence-corrected chi connectivity index (χ0v) is 21.2. The molecule has 0 aromatic carbocycles. The normalized spacial score (nSPS) is 16.2. The minimum absolute atomic E-state index is 0.645. The molecule has 0 amide bonds. The van der Waals surface area contributed by atoms with Crippen molar-refractivity contribution in [2.24, 2.45) is 0 Å². The van der Waals surface area contributed by atoms with Crippen molar-refractivity contribution in [3.05, 3.63) is 12.4 Å². The zero-order valence-electron chi connectivity index (χ0n) is 21.2. The van der Waals surface area contributed by atoms with Crippen molar-refractivity contribution in [2.75, 3.05) is 13.1 Å². The van der Waals surface area contributed by atoms with E-state index in [-0.39, 0.29) is 0 Å². The van der Waals surface area contributed by atoms with Gasteiger partial charge in [0.25, 0.3) is 0 Å². The van der Waals surface area contributed by atoms with Crippen molar-refractivity contribution in [3.63, 3.8) is 0 Å². The Labute approximate surface area is 190 Å². The first-order valence-corrected chi connectivity index (χ1v) is 14.0. The van der Waals surface area contributed by atoms with E-state index in [1.165, 1.54) is 142 Å². The van der Waals surface area contributed by atoms with Crippen LogP contribution in [0.5, 0.6) is 0 Å². The van der Waals surface area contributed by atoms with Gasteiger partial charge in [0, 0.05) is 25.5 Å². The number of hydrogen-bond donors (Lipinski definition) is 0. The lowest BCUT2D eigenvalue weighted by atomic mass is 10.1. The molecule has 1 unspecified atom stereocenters. The molecule has 0 fully saturated rings. The summed E-state index contributed by atoms with van der Waals surface area (Å²) in [5.41, 5.74) is 0. The van der Waals surface area contributed by atoms with Crippen molar-refractivity contribution in [3.8, 4) is 0 Å². The van der Waals surface area contributed by atoms with E-state index in [2.05, 4.69) is 43.0 Å². The lowest BCUT2D eigenvalue weighted by Crippen LogP contribution is -2.39. The van der Waals surface area contributed by atoms with E-state index in [0.29, 0.717) is 6.17 Å². The molecule has 0 saturated heterocycles. The fourth-order valence-electron chi connectivity index (χ4n) is 4.77. The van der Waals surface area contributed by atoms with Gasteiger partial charge in [-0.05, 0) is 25.7 Å². The van der Waals surface area contributed by atoms with Crippen LogP contribution in [0.2, 0.25) is 0 Å². The lowest BCUT2D eigenvalue weighted by Gasteiger charge is -2.33. The van der Waals surface area contributed by atoms with Gasteiger partial charge in [-0.25, -0.2) is 0 Å². The Hall–Kier alpha value is -0.660. The first-order chi connectivity index (χ1) is 14.8. The van der Waals surface area contributed by atoms with E-state index in [1.54, 1.807) is 0 Å². The molecule has 1 aliphatic heterocycles. The van der Waals surface area contributed by atoms with Crippen LogP contribution in [0.4, 0.5) is 0 Å². The molecule has 0 radical (unpaired) electrons. The van der Waals surface area contributed by atoms with E-state index in [0.717, 1.165) is 0 Å². The van der Waals surface area contributed by atoms with Crippen LogP contribution in [0.15, 0.2) is 12.4 Å². The molecule has 30 heavy (non-hydrogen) atoms. The summed E-state index contributed by atoms with van der Waals surface area (Å²) in [7, 11) is 0. The Bertz CT molecular complexity index is 379. The highest BCUT2D eigenvalue weighted by Gasteiger charge is 2.24. The van der Waals surface area contributed by atoms with E-state index >= 15 is 0 Å².